The minimum absolute atomic E-state index is 0.0361. The van der Waals surface area contributed by atoms with E-state index in [1.165, 1.54) is 12.0 Å². The van der Waals surface area contributed by atoms with Crippen LogP contribution in [0.15, 0.2) is 24.3 Å². The van der Waals surface area contributed by atoms with Gasteiger partial charge in [0.15, 0.2) is 0 Å². The lowest BCUT2D eigenvalue weighted by molar-refractivity contribution is -0.151. The number of nitrogens with zero attached hydrogens (tertiary/aromatic N) is 1. The molecule has 1 saturated carbocycles. The van der Waals surface area contributed by atoms with Crippen LogP contribution in [0.3, 0.4) is 0 Å². The molecule has 4 heteroatoms. The van der Waals surface area contributed by atoms with Gasteiger partial charge in [-0.15, -0.1) is 0 Å². The van der Waals surface area contributed by atoms with Gasteiger partial charge in [-0.3, -0.25) is 9.69 Å². The molecule has 4 nitrogen and oxygen atoms in total. The van der Waals surface area contributed by atoms with E-state index in [0.717, 1.165) is 13.2 Å². The molecular formula is C18H26N2O2. The average Bonchev–Trinajstić information content (AvgIpc) is 2.93. The predicted octanol–water partition coefficient (Wildman–Crippen LogP) is 2.29. The normalized spacial score (nSPS) is 29.0. The second-order valence-corrected chi connectivity index (χ2v) is 7.20. The zero-order chi connectivity index (χ0) is 15.9. The van der Waals surface area contributed by atoms with Gasteiger partial charge in [-0.1, -0.05) is 26.0 Å². The van der Waals surface area contributed by atoms with Crippen molar-refractivity contribution in [1.82, 2.24) is 10.2 Å². The maximum absolute atomic E-state index is 11.6. The van der Waals surface area contributed by atoms with E-state index in [9.17, 15) is 4.79 Å². The minimum Gasteiger partial charge on any atom is -0.377 e. The molecule has 1 N–H and O–H groups in total. The maximum Gasteiger partial charge on any atom is 0.251 e. The molecule has 3 rings (SSSR count). The molecular weight excluding hydrogens is 276 g/mol. The molecule has 0 spiro atoms. The quantitative estimate of drug-likeness (QED) is 0.928. The van der Waals surface area contributed by atoms with Crippen LogP contribution in [-0.4, -0.2) is 43.7 Å². The number of carbonyl (C=O) groups is 1. The maximum atomic E-state index is 11.6. The molecule has 0 unspecified atom stereocenters. The lowest BCUT2D eigenvalue weighted by Gasteiger charge is -2.58. The summed E-state index contributed by atoms with van der Waals surface area (Å²) in [6.07, 6.45) is 1.61. The van der Waals surface area contributed by atoms with Crippen LogP contribution in [0, 0.1) is 11.3 Å². The third kappa shape index (κ3) is 2.44. The van der Waals surface area contributed by atoms with Gasteiger partial charge >= 0.3 is 0 Å². The number of nitrogens with one attached hydrogen (secondary N) is 1. The molecule has 1 amide bonds. The van der Waals surface area contributed by atoms with Crippen LogP contribution >= 0.6 is 0 Å². The summed E-state index contributed by atoms with van der Waals surface area (Å²) < 4.78 is 5.88. The summed E-state index contributed by atoms with van der Waals surface area (Å²) >= 11 is 0. The molecule has 1 aromatic carbocycles. The average molecular weight is 302 g/mol. The van der Waals surface area contributed by atoms with Gasteiger partial charge in [0.25, 0.3) is 5.91 Å². The van der Waals surface area contributed by atoms with Gasteiger partial charge in [0.2, 0.25) is 0 Å². The SMILES string of the molecule is CNC(=O)c1ccc(CN(C)[C@@H]2[C@H]3CCO[C@@H]3C2(C)C)cc1. The molecule has 1 aromatic rings. The summed E-state index contributed by atoms with van der Waals surface area (Å²) in [6.45, 7) is 6.44. The van der Waals surface area contributed by atoms with E-state index in [1.54, 1.807) is 7.05 Å². The molecule has 120 valence electrons. The topological polar surface area (TPSA) is 41.6 Å². The number of hydrogen-bond acceptors (Lipinski definition) is 3. The Bertz CT molecular complexity index is 553. The Morgan fingerprint density at radius 2 is 2.05 bits per heavy atom. The van der Waals surface area contributed by atoms with Gasteiger partial charge in [0.1, 0.15) is 0 Å². The fourth-order valence-corrected chi connectivity index (χ4v) is 4.48. The Labute approximate surface area is 132 Å². The monoisotopic (exact) mass is 302 g/mol. The second-order valence-electron chi connectivity index (χ2n) is 7.20. The third-order valence-corrected chi connectivity index (χ3v) is 5.39. The summed E-state index contributed by atoms with van der Waals surface area (Å²) in [4.78, 5) is 14.0. The van der Waals surface area contributed by atoms with E-state index in [1.807, 2.05) is 12.1 Å². The first-order chi connectivity index (χ1) is 10.4. The lowest BCUT2D eigenvalue weighted by atomic mass is 9.57. The number of amides is 1. The van der Waals surface area contributed by atoms with Crippen molar-refractivity contribution in [2.24, 2.45) is 11.3 Å². The number of fused-ring (bicyclic) bond motifs is 1. The Balaban J connectivity index is 1.67. The Kier molecular flexibility index (Phi) is 4.00. The van der Waals surface area contributed by atoms with Crippen molar-refractivity contribution in [3.8, 4) is 0 Å². The largest absolute Gasteiger partial charge is 0.377 e. The van der Waals surface area contributed by atoms with E-state index in [0.29, 0.717) is 23.6 Å². The summed E-state index contributed by atoms with van der Waals surface area (Å²) in [5.74, 6) is 0.635. The lowest BCUT2D eigenvalue weighted by Crippen LogP contribution is -2.65. The standard InChI is InChI=1S/C18H26N2O2/c1-18(2)15(14-9-10-22-16(14)18)20(4)11-12-5-7-13(8-6-12)17(21)19-3/h5-8,14-16H,9-11H2,1-4H3,(H,19,21)/t14-,15-,16+/m1/s1. The third-order valence-electron chi connectivity index (χ3n) is 5.39. The van der Waals surface area contributed by atoms with Crippen molar-refractivity contribution in [2.75, 3.05) is 20.7 Å². The van der Waals surface area contributed by atoms with Crippen LogP contribution in [0.5, 0.6) is 0 Å². The van der Waals surface area contributed by atoms with E-state index in [2.05, 4.69) is 43.2 Å². The molecule has 1 aliphatic heterocycles. The highest BCUT2D eigenvalue weighted by Crippen LogP contribution is 2.54. The van der Waals surface area contributed by atoms with Crippen molar-refractivity contribution in [3.63, 3.8) is 0 Å². The highest BCUT2D eigenvalue weighted by atomic mass is 16.5. The van der Waals surface area contributed by atoms with Gasteiger partial charge in [-0.05, 0) is 31.2 Å². The highest BCUT2D eigenvalue weighted by Gasteiger charge is 2.60. The number of rotatable bonds is 4. The summed E-state index contributed by atoms with van der Waals surface area (Å²) in [5.41, 5.74) is 2.17. The molecule has 0 radical (unpaired) electrons. The molecule has 1 heterocycles. The van der Waals surface area contributed by atoms with Gasteiger partial charge in [-0.25, -0.2) is 0 Å². The fourth-order valence-electron chi connectivity index (χ4n) is 4.48. The number of benzene rings is 1. The molecule has 0 aromatic heterocycles. The molecule has 2 aliphatic rings. The number of hydrogen-bond donors (Lipinski definition) is 1. The minimum atomic E-state index is -0.0361. The van der Waals surface area contributed by atoms with E-state index in [4.69, 9.17) is 4.74 Å². The van der Waals surface area contributed by atoms with Crippen LogP contribution in [0.2, 0.25) is 0 Å². The predicted molar refractivity (Wildman–Crippen MR) is 86.7 cm³/mol. The highest BCUT2D eigenvalue weighted by molar-refractivity contribution is 5.93. The smallest absolute Gasteiger partial charge is 0.251 e. The van der Waals surface area contributed by atoms with Crippen molar-refractivity contribution < 1.29 is 9.53 Å². The van der Waals surface area contributed by atoms with Gasteiger partial charge in [0, 0.05) is 43.1 Å². The van der Waals surface area contributed by atoms with E-state index < -0.39 is 0 Å². The zero-order valence-electron chi connectivity index (χ0n) is 13.9. The fraction of sp³-hybridized carbons (Fsp3) is 0.611. The molecule has 2 fully saturated rings. The Hall–Kier alpha value is -1.39. The van der Waals surface area contributed by atoms with Crippen LogP contribution in [0.1, 0.15) is 36.2 Å². The van der Waals surface area contributed by atoms with Crippen LogP contribution in [0.4, 0.5) is 0 Å². The molecule has 1 aliphatic carbocycles. The van der Waals surface area contributed by atoms with Crippen LogP contribution in [-0.2, 0) is 11.3 Å². The first-order valence-electron chi connectivity index (χ1n) is 8.08. The first-order valence-corrected chi connectivity index (χ1v) is 8.08. The van der Waals surface area contributed by atoms with E-state index >= 15 is 0 Å². The van der Waals surface area contributed by atoms with Gasteiger partial charge in [0.05, 0.1) is 6.10 Å². The molecule has 0 bridgehead atoms. The van der Waals surface area contributed by atoms with E-state index in [-0.39, 0.29) is 11.3 Å². The number of ether oxygens (including phenoxy) is 1. The molecule has 3 atom stereocenters. The second kappa shape index (κ2) is 5.67. The summed E-state index contributed by atoms with van der Waals surface area (Å²) in [7, 11) is 3.86. The molecule has 1 saturated heterocycles. The summed E-state index contributed by atoms with van der Waals surface area (Å²) in [6, 6.07) is 8.47. The molecule has 22 heavy (non-hydrogen) atoms. The van der Waals surface area contributed by atoms with Gasteiger partial charge < -0.3 is 10.1 Å². The van der Waals surface area contributed by atoms with Crippen molar-refractivity contribution in [3.05, 3.63) is 35.4 Å². The number of carbonyl (C=O) groups excluding carboxylic acids is 1. The van der Waals surface area contributed by atoms with Crippen molar-refractivity contribution >= 4 is 5.91 Å². The zero-order valence-corrected chi connectivity index (χ0v) is 13.9. The van der Waals surface area contributed by atoms with Crippen molar-refractivity contribution in [1.29, 1.82) is 0 Å². The van der Waals surface area contributed by atoms with Crippen LogP contribution < -0.4 is 5.32 Å². The Morgan fingerprint density at radius 3 is 2.68 bits per heavy atom. The first kappa shape index (κ1) is 15.5. The van der Waals surface area contributed by atoms with Crippen molar-refractivity contribution in [2.45, 2.75) is 39.0 Å². The Morgan fingerprint density at radius 1 is 1.36 bits per heavy atom. The van der Waals surface area contributed by atoms with Gasteiger partial charge in [-0.2, -0.15) is 0 Å². The van der Waals surface area contributed by atoms with Crippen LogP contribution in [0.25, 0.3) is 0 Å². The summed E-state index contributed by atoms with van der Waals surface area (Å²) in [5, 5.41) is 2.65.